The number of nitrogens with two attached hydrogens (primary N) is 1. The molecule has 214 valence electrons. The van der Waals surface area contributed by atoms with Crippen LogP contribution in [0.15, 0.2) is 37.1 Å². The summed E-state index contributed by atoms with van der Waals surface area (Å²) in [5, 5.41) is 13.0. The van der Waals surface area contributed by atoms with Gasteiger partial charge in [-0.05, 0) is 38.7 Å². The number of nitrogen functional groups attached to an aromatic ring is 1. The van der Waals surface area contributed by atoms with E-state index in [1.54, 1.807) is 25.7 Å². The first-order valence-corrected chi connectivity index (χ1v) is 14.5. The number of H-pyrrole nitrogens is 1. The molecule has 5 aromatic rings. The van der Waals surface area contributed by atoms with Crippen molar-refractivity contribution in [2.24, 2.45) is 0 Å². The fraction of sp³-hybridized carbons (Fsp3) is 0.357. The minimum absolute atomic E-state index is 0.0156. The van der Waals surface area contributed by atoms with Crippen molar-refractivity contribution in [2.75, 3.05) is 12.8 Å². The van der Waals surface area contributed by atoms with Crippen molar-refractivity contribution in [1.82, 2.24) is 44.6 Å². The van der Waals surface area contributed by atoms with Crippen molar-refractivity contribution in [3.63, 3.8) is 0 Å². The van der Waals surface area contributed by atoms with E-state index < -0.39 is 0 Å². The third-order valence-corrected chi connectivity index (χ3v) is 9.16. The Labute approximate surface area is 244 Å². The number of aromatic nitrogens is 8. The first-order chi connectivity index (χ1) is 20.4. The number of nitrogens with one attached hydrogen (secondary N) is 1. The number of methoxy groups -OCH3 is 1. The van der Waals surface area contributed by atoms with Gasteiger partial charge in [0, 0.05) is 48.6 Å². The van der Waals surface area contributed by atoms with Crippen LogP contribution in [-0.2, 0) is 11.3 Å². The number of carbonyl (C=O) groups excluding carboxylic acids is 2. The second kappa shape index (κ2) is 10.4. The summed E-state index contributed by atoms with van der Waals surface area (Å²) >= 11 is 1.54. The van der Waals surface area contributed by atoms with Gasteiger partial charge in [0.15, 0.2) is 11.4 Å². The van der Waals surface area contributed by atoms with Gasteiger partial charge in [-0.3, -0.25) is 14.6 Å². The molecule has 0 radical (unpaired) electrons. The number of thiazole rings is 1. The number of rotatable bonds is 7. The summed E-state index contributed by atoms with van der Waals surface area (Å²) in [6, 6.07) is 3.91. The van der Waals surface area contributed by atoms with Gasteiger partial charge < -0.3 is 20.4 Å². The van der Waals surface area contributed by atoms with Gasteiger partial charge in [-0.2, -0.15) is 9.61 Å². The zero-order valence-electron chi connectivity index (χ0n) is 23.0. The number of fused-ring (bicyclic) bond motifs is 3. The van der Waals surface area contributed by atoms with Gasteiger partial charge in [0.25, 0.3) is 5.91 Å². The normalized spacial score (nSPS) is 20.0. The van der Waals surface area contributed by atoms with Crippen LogP contribution in [0.5, 0.6) is 0 Å². The minimum Gasteiger partial charge on any atom is -0.383 e. The number of ether oxygens (including phenoxy) is 1. The lowest BCUT2D eigenvalue weighted by Gasteiger charge is -2.38. The number of pyridine rings is 1. The molecule has 0 aromatic carbocycles. The van der Waals surface area contributed by atoms with Crippen LogP contribution in [0.1, 0.15) is 70.1 Å². The number of hydrogen-bond acceptors (Lipinski definition) is 11. The summed E-state index contributed by atoms with van der Waals surface area (Å²) in [6.45, 7) is 2.01. The zero-order chi connectivity index (χ0) is 29.0. The lowest BCUT2D eigenvalue weighted by atomic mass is 9.85. The number of nitrogens with zero attached hydrogens (tertiary/aromatic N) is 8. The van der Waals surface area contributed by atoms with E-state index in [2.05, 4.69) is 30.2 Å². The predicted octanol–water partition coefficient (Wildman–Crippen LogP) is 3.51. The summed E-state index contributed by atoms with van der Waals surface area (Å²) in [5.74, 6) is 0.159. The molecule has 42 heavy (non-hydrogen) atoms. The second-order valence-corrected chi connectivity index (χ2v) is 11.8. The van der Waals surface area contributed by atoms with Crippen molar-refractivity contribution >= 4 is 34.5 Å². The Hall–Kier alpha value is -4.56. The van der Waals surface area contributed by atoms with Crippen LogP contribution in [0, 0.1) is 0 Å². The summed E-state index contributed by atoms with van der Waals surface area (Å²) in [6.07, 6.45) is 9.81. The second-order valence-electron chi connectivity index (χ2n) is 10.7. The lowest BCUT2D eigenvalue weighted by molar-refractivity contribution is 0.0556. The third-order valence-electron chi connectivity index (χ3n) is 8.17. The van der Waals surface area contributed by atoms with Gasteiger partial charge in [0.05, 0.1) is 34.6 Å². The van der Waals surface area contributed by atoms with Crippen molar-refractivity contribution in [2.45, 2.75) is 57.2 Å². The van der Waals surface area contributed by atoms with E-state index in [1.807, 2.05) is 17.0 Å². The number of hydrogen-bond donors (Lipinski definition) is 2. The van der Waals surface area contributed by atoms with E-state index in [4.69, 9.17) is 15.5 Å². The standard InChI is InChI=1S/C28H28N10O3S/c1-14(39)22-23(16-7-17-4-5-18(8-16)37(17)28(40)25-32-13-33-36-25)35-26-20(11-34-38(26)24(22)29)15-3-6-21(30-9-15)27-31-10-19(42-27)12-41-2/h3,6,9-11,13,16-18H,4-5,7-8,12,29H2,1-2H3,(H,32,33,36)/t16-,17+,18-. The molecular formula is C28H28N10O3S. The number of piperidine rings is 1. The summed E-state index contributed by atoms with van der Waals surface area (Å²) in [7, 11) is 1.66. The Balaban J connectivity index is 1.23. The third kappa shape index (κ3) is 4.34. The fourth-order valence-corrected chi connectivity index (χ4v) is 7.23. The highest BCUT2D eigenvalue weighted by atomic mass is 32.1. The SMILES string of the molecule is COCc1cnc(-c2ccc(-c3cnn4c(N)c(C(C)=O)c([C@H]5C[C@H]6CC[C@@H](C5)N6C(=O)c5nnc[nH]5)nc34)cn2)s1. The van der Waals surface area contributed by atoms with Gasteiger partial charge in [-0.15, -0.1) is 21.5 Å². The van der Waals surface area contributed by atoms with Gasteiger partial charge in [-0.25, -0.2) is 9.97 Å². The van der Waals surface area contributed by atoms with Crippen molar-refractivity contribution in [3.05, 3.63) is 59.0 Å². The quantitative estimate of drug-likeness (QED) is 0.270. The molecule has 7 heterocycles. The summed E-state index contributed by atoms with van der Waals surface area (Å²) < 4.78 is 6.72. The van der Waals surface area contributed by atoms with E-state index >= 15 is 0 Å². The molecule has 13 nitrogen and oxygen atoms in total. The summed E-state index contributed by atoms with van der Waals surface area (Å²) in [5.41, 5.74) is 10.6. The van der Waals surface area contributed by atoms with Crippen molar-refractivity contribution < 1.29 is 14.3 Å². The largest absolute Gasteiger partial charge is 0.383 e. The fourth-order valence-electron chi connectivity index (χ4n) is 6.37. The van der Waals surface area contributed by atoms with Crippen LogP contribution in [0.2, 0.25) is 0 Å². The molecule has 14 heteroatoms. The number of anilines is 1. The molecule has 0 unspecified atom stereocenters. The smallest absolute Gasteiger partial charge is 0.292 e. The first kappa shape index (κ1) is 26.3. The Morgan fingerprint density at radius 1 is 1.14 bits per heavy atom. The van der Waals surface area contributed by atoms with Crippen LogP contribution in [0.3, 0.4) is 0 Å². The average molecular weight is 585 g/mol. The number of aromatic amines is 1. The number of amides is 1. The Kier molecular flexibility index (Phi) is 6.50. The van der Waals surface area contributed by atoms with E-state index in [1.165, 1.54) is 29.1 Å². The maximum absolute atomic E-state index is 13.2. The van der Waals surface area contributed by atoms with Crippen LogP contribution in [0.4, 0.5) is 5.82 Å². The lowest BCUT2D eigenvalue weighted by Crippen LogP contribution is -2.46. The van der Waals surface area contributed by atoms with Gasteiger partial charge in [0.2, 0.25) is 5.82 Å². The summed E-state index contributed by atoms with van der Waals surface area (Å²) in [4.78, 5) is 46.0. The molecule has 2 saturated heterocycles. The number of ketones is 1. The van der Waals surface area contributed by atoms with E-state index in [0.717, 1.165) is 39.5 Å². The van der Waals surface area contributed by atoms with Crippen molar-refractivity contribution in [1.29, 1.82) is 0 Å². The predicted molar refractivity (Wildman–Crippen MR) is 154 cm³/mol. The zero-order valence-corrected chi connectivity index (χ0v) is 23.8. The maximum Gasteiger partial charge on any atom is 0.292 e. The molecule has 2 fully saturated rings. The van der Waals surface area contributed by atoms with E-state index in [9.17, 15) is 9.59 Å². The van der Waals surface area contributed by atoms with Crippen LogP contribution >= 0.6 is 11.3 Å². The van der Waals surface area contributed by atoms with E-state index in [-0.39, 0.29) is 41.3 Å². The minimum atomic E-state index is -0.163. The van der Waals surface area contributed by atoms with Crippen LogP contribution < -0.4 is 5.73 Å². The highest BCUT2D eigenvalue weighted by Crippen LogP contribution is 2.45. The molecule has 1 amide bonds. The Morgan fingerprint density at radius 2 is 1.95 bits per heavy atom. The number of carbonyl (C=O) groups is 2. The van der Waals surface area contributed by atoms with Gasteiger partial charge >= 0.3 is 0 Å². The van der Waals surface area contributed by atoms with Gasteiger partial charge in [-0.1, -0.05) is 6.07 Å². The van der Waals surface area contributed by atoms with Crippen LogP contribution in [-0.4, -0.2) is 75.5 Å². The van der Waals surface area contributed by atoms with Crippen molar-refractivity contribution in [3.8, 4) is 21.8 Å². The highest BCUT2D eigenvalue weighted by Gasteiger charge is 2.45. The molecule has 2 aliphatic heterocycles. The monoisotopic (exact) mass is 584 g/mol. The molecule has 0 spiro atoms. The van der Waals surface area contributed by atoms with Gasteiger partial charge in [0.1, 0.15) is 17.2 Å². The molecule has 2 bridgehead atoms. The molecule has 3 atom stereocenters. The molecule has 7 rings (SSSR count). The maximum atomic E-state index is 13.2. The van der Waals surface area contributed by atoms with Crippen LogP contribution in [0.25, 0.3) is 27.5 Å². The molecule has 5 aromatic heterocycles. The molecule has 0 aliphatic carbocycles. The molecule has 2 aliphatic rings. The average Bonchev–Trinajstić information content (AvgIpc) is 3.80. The first-order valence-electron chi connectivity index (χ1n) is 13.7. The topological polar surface area (TPSA) is 170 Å². The Morgan fingerprint density at radius 3 is 2.62 bits per heavy atom. The molecule has 3 N–H and O–H groups in total. The molecule has 0 saturated carbocycles. The number of Topliss-reactive ketones (excluding diaryl/α,β-unsaturated/α-hetero) is 1. The Bertz CT molecular complexity index is 1780. The van der Waals surface area contributed by atoms with E-state index in [0.29, 0.717) is 36.4 Å². The highest BCUT2D eigenvalue weighted by molar-refractivity contribution is 7.14. The molecular weight excluding hydrogens is 556 g/mol.